The van der Waals surface area contributed by atoms with Gasteiger partial charge in [-0.05, 0) is 67.7 Å². The molecule has 0 aromatic heterocycles. The number of nitrogens with one attached hydrogen (secondary N) is 1. The summed E-state index contributed by atoms with van der Waals surface area (Å²) in [6.45, 7) is 3.43. The molecule has 1 aromatic rings. The molecule has 0 aliphatic heterocycles. The normalized spacial score (nSPS) is 21.0. The van der Waals surface area contributed by atoms with Gasteiger partial charge in [0.05, 0.1) is 0 Å². The lowest BCUT2D eigenvalue weighted by Gasteiger charge is -2.28. The molecule has 0 heterocycles. The molecule has 0 amide bonds. The Morgan fingerprint density at radius 3 is 2.52 bits per heavy atom. The van der Waals surface area contributed by atoms with Crippen LogP contribution in [-0.4, -0.2) is 6.54 Å². The fraction of sp³-hybridized carbons (Fsp3) is 0.700. The smallest absolute Gasteiger partial charge is 0.0348 e. The summed E-state index contributed by atoms with van der Waals surface area (Å²) in [6.07, 6.45) is 13.8. The second-order valence-corrected chi connectivity index (χ2v) is 7.07. The summed E-state index contributed by atoms with van der Waals surface area (Å²) in [5, 5.41) is 3.87. The van der Waals surface area contributed by atoms with Crippen LogP contribution in [0.25, 0.3) is 0 Å². The van der Waals surface area contributed by atoms with Crippen molar-refractivity contribution in [1.82, 2.24) is 5.32 Å². The Labute approximate surface area is 130 Å². The van der Waals surface area contributed by atoms with E-state index in [0.717, 1.165) is 12.5 Å². The van der Waals surface area contributed by atoms with Gasteiger partial charge in [0.25, 0.3) is 0 Å². The molecule has 1 nitrogen and oxygen atoms in total. The highest BCUT2D eigenvalue weighted by atomic mass is 14.9. The Morgan fingerprint density at radius 2 is 1.76 bits per heavy atom. The van der Waals surface area contributed by atoms with Crippen molar-refractivity contribution in [2.45, 2.75) is 77.2 Å². The second kappa shape index (κ2) is 7.45. The predicted octanol–water partition coefficient (Wildman–Crippen LogP) is 5.19. The molecule has 21 heavy (non-hydrogen) atoms. The van der Waals surface area contributed by atoms with E-state index in [-0.39, 0.29) is 0 Å². The van der Waals surface area contributed by atoms with E-state index in [9.17, 15) is 0 Å². The first-order valence-corrected chi connectivity index (χ1v) is 9.23. The van der Waals surface area contributed by atoms with Crippen molar-refractivity contribution in [3.63, 3.8) is 0 Å². The van der Waals surface area contributed by atoms with Gasteiger partial charge in [0.1, 0.15) is 0 Å². The molecule has 0 spiro atoms. The molecular formula is C20H31N. The van der Waals surface area contributed by atoms with Gasteiger partial charge in [-0.15, -0.1) is 0 Å². The van der Waals surface area contributed by atoms with Crippen LogP contribution in [0.15, 0.2) is 18.2 Å². The van der Waals surface area contributed by atoms with E-state index in [1.165, 1.54) is 64.2 Å². The van der Waals surface area contributed by atoms with Crippen LogP contribution < -0.4 is 5.32 Å². The van der Waals surface area contributed by atoms with Gasteiger partial charge in [0.2, 0.25) is 0 Å². The summed E-state index contributed by atoms with van der Waals surface area (Å²) in [5.41, 5.74) is 4.80. The molecule has 1 saturated carbocycles. The van der Waals surface area contributed by atoms with E-state index in [0.29, 0.717) is 6.04 Å². The second-order valence-electron chi connectivity index (χ2n) is 7.07. The molecule has 0 saturated heterocycles. The fourth-order valence-electron chi connectivity index (χ4n) is 4.29. The molecule has 1 atom stereocenters. The van der Waals surface area contributed by atoms with Gasteiger partial charge in [-0.2, -0.15) is 0 Å². The number of aryl methyl sites for hydroxylation is 2. The lowest BCUT2D eigenvalue weighted by Crippen LogP contribution is -2.29. The van der Waals surface area contributed by atoms with Crippen molar-refractivity contribution in [3.05, 3.63) is 34.9 Å². The Morgan fingerprint density at radius 1 is 1.00 bits per heavy atom. The summed E-state index contributed by atoms with van der Waals surface area (Å²) in [4.78, 5) is 0. The van der Waals surface area contributed by atoms with Gasteiger partial charge in [0, 0.05) is 6.04 Å². The van der Waals surface area contributed by atoms with Crippen LogP contribution in [0.1, 0.15) is 81.0 Å². The molecule has 0 radical (unpaired) electrons. The molecule has 1 heteroatoms. The van der Waals surface area contributed by atoms with Crippen LogP contribution in [0.5, 0.6) is 0 Å². The molecule has 116 valence electrons. The maximum Gasteiger partial charge on any atom is 0.0348 e. The molecular weight excluding hydrogens is 254 g/mol. The summed E-state index contributed by atoms with van der Waals surface area (Å²) in [5.74, 6) is 0.846. The Bertz CT molecular complexity index is 443. The Hall–Kier alpha value is -0.820. The van der Waals surface area contributed by atoms with Crippen LogP contribution >= 0.6 is 0 Å². The fourth-order valence-corrected chi connectivity index (χ4v) is 4.29. The number of benzene rings is 1. The molecule has 2 aliphatic rings. The number of fused-ring (bicyclic) bond motifs is 1. The SMILES string of the molecule is CCCNC(c1ccc2c(c1)CCC2)C1CCCCCC1. The highest BCUT2D eigenvalue weighted by molar-refractivity contribution is 5.36. The number of hydrogen-bond acceptors (Lipinski definition) is 1. The van der Waals surface area contributed by atoms with Crippen LogP contribution in [0, 0.1) is 5.92 Å². The zero-order valence-electron chi connectivity index (χ0n) is 13.7. The first-order valence-electron chi connectivity index (χ1n) is 9.23. The van der Waals surface area contributed by atoms with E-state index >= 15 is 0 Å². The van der Waals surface area contributed by atoms with Crippen LogP contribution in [-0.2, 0) is 12.8 Å². The third-order valence-corrected chi connectivity index (χ3v) is 5.47. The van der Waals surface area contributed by atoms with Gasteiger partial charge in [-0.3, -0.25) is 0 Å². The molecule has 1 unspecified atom stereocenters. The largest absolute Gasteiger partial charge is 0.310 e. The molecule has 3 rings (SSSR count). The first-order chi connectivity index (χ1) is 10.4. The zero-order chi connectivity index (χ0) is 14.5. The first kappa shape index (κ1) is 15.1. The monoisotopic (exact) mass is 285 g/mol. The maximum absolute atomic E-state index is 3.87. The van der Waals surface area contributed by atoms with Crippen LogP contribution in [0.2, 0.25) is 0 Å². The summed E-state index contributed by atoms with van der Waals surface area (Å²) in [7, 11) is 0. The standard InChI is InChI=1S/C20H31N/c1-2-14-21-20(17-8-5-3-4-6-9-17)19-13-12-16-10-7-11-18(16)15-19/h12-13,15,17,20-21H,2-11,14H2,1H3. The topological polar surface area (TPSA) is 12.0 Å². The third-order valence-electron chi connectivity index (χ3n) is 5.47. The number of hydrogen-bond donors (Lipinski definition) is 1. The van der Waals surface area contributed by atoms with Crippen molar-refractivity contribution < 1.29 is 0 Å². The minimum Gasteiger partial charge on any atom is -0.310 e. The van der Waals surface area contributed by atoms with E-state index in [1.54, 1.807) is 16.7 Å². The van der Waals surface area contributed by atoms with Gasteiger partial charge >= 0.3 is 0 Å². The Kier molecular flexibility index (Phi) is 5.35. The summed E-state index contributed by atoms with van der Waals surface area (Å²) in [6, 6.07) is 7.95. The third kappa shape index (κ3) is 3.69. The van der Waals surface area contributed by atoms with E-state index in [1.807, 2.05) is 0 Å². The minimum absolute atomic E-state index is 0.592. The van der Waals surface area contributed by atoms with Crippen molar-refractivity contribution in [2.24, 2.45) is 5.92 Å². The lowest BCUT2D eigenvalue weighted by atomic mass is 9.86. The lowest BCUT2D eigenvalue weighted by molar-refractivity contribution is 0.325. The molecule has 1 N–H and O–H groups in total. The van der Waals surface area contributed by atoms with Crippen molar-refractivity contribution in [2.75, 3.05) is 6.54 Å². The molecule has 1 fully saturated rings. The zero-order valence-corrected chi connectivity index (χ0v) is 13.7. The molecule has 2 aliphatic carbocycles. The highest BCUT2D eigenvalue weighted by Crippen LogP contribution is 2.35. The quantitative estimate of drug-likeness (QED) is 0.734. The molecule has 0 bridgehead atoms. The highest BCUT2D eigenvalue weighted by Gasteiger charge is 2.24. The van der Waals surface area contributed by atoms with E-state index in [2.05, 4.69) is 30.4 Å². The van der Waals surface area contributed by atoms with Crippen LogP contribution in [0.4, 0.5) is 0 Å². The van der Waals surface area contributed by atoms with Crippen molar-refractivity contribution >= 4 is 0 Å². The van der Waals surface area contributed by atoms with Crippen molar-refractivity contribution in [1.29, 1.82) is 0 Å². The van der Waals surface area contributed by atoms with Gasteiger partial charge in [-0.25, -0.2) is 0 Å². The summed E-state index contributed by atoms with van der Waals surface area (Å²) < 4.78 is 0. The van der Waals surface area contributed by atoms with Crippen LogP contribution in [0.3, 0.4) is 0 Å². The van der Waals surface area contributed by atoms with Gasteiger partial charge < -0.3 is 5.32 Å². The summed E-state index contributed by atoms with van der Waals surface area (Å²) >= 11 is 0. The Balaban J connectivity index is 1.80. The van der Waals surface area contributed by atoms with Gasteiger partial charge in [0.15, 0.2) is 0 Å². The van der Waals surface area contributed by atoms with Gasteiger partial charge in [-0.1, -0.05) is 50.8 Å². The number of rotatable bonds is 5. The van der Waals surface area contributed by atoms with Crippen molar-refractivity contribution in [3.8, 4) is 0 Å². The molecule has 1 aromatic carbocycles. The average Bonchev–Trinajstić information content (AvgIpc) is 2.81. The average molecular weight is 285 g/mol. The predicted molar refractivity (Wildman–Crippen MR) is 90.7 cm³/mol. The van der Waals surface area contributed by atoms with E-state index < -0.39 is 0 Å². The van der Waals surface area contributed by atoms with E-state index in [4.69, 9.17) is 0 Å². The maximum atomic E-state index is 3.87. The minimum atomic E-state index is 0.592.